The van der Waals surface area contributed by atoms with Crippen LogP contribution in [0.25, 0.3) is 0 Å². The molecule has 1 heteroatoms. The lowest BCUT2D eigenvalue weighted by molar-refractivity contribution is 0.0936. The van der Waals surface area contributed by atoms with E-state index in [0.717, 1.165) is 19.3 Å². The maximum Gasteiger partial charge on any atom is 0.0574 e. The van der Waals surface area contributed by atoms with Crippen LogP contribution in [-0.2, 0) is 0 Å². The second-order valence-corrected chi connectivity index (χ2v) is 5.01. The van der Waals surface area contributed by atoms with Crippen LogP contribution in [0, 0.1) is 5.92 Å². The lowest BCUT2D eigenvalue weighted by Gasteiger charge is -2.25. The molecule has 1 N–H and O–H groups in total. The molecule has 0 aromatic heterocycles. The Morgan fingerprint density at radius 1 is 1.60 bits per heavy atom. The van der Waals surface area contributed by atoms with Crippen LogP contribution in [0.5, 0.6) is 0 Å². The van der Waals surface area contributed by atoms with Crippen LogP contribution in [-0.4, -0.2) is 11.2 Å². The molecule has 1 unspecified atom stereocenters. The first-order valence-electron chi connectivity index (χ1n) is 6.06. The Morgan fingerprint density at radius 2 is 2.33 bits per heavy atom. The maximum atomic E-state index is 10.0. The van der Waals surface area contributed by atoms with Gasteiger partial charge in [0.15, 0.2) is 0 Å². The average molecular weight is 208 g/mol. The zero-order chi connectivity index (χ0) is 11.3. The van der Waals surface area contributed by atoms with Crippen molar-refractivity contribution < 1.29 is 5.11 Å². The van der Waals surface area contributed by atoms with Gasteiger partial charge in [0.2, 0.25) is 0 Å². The molecule has 0 aliphatic heterocycles. The molecule has 86 valence electrons. The van der Waals surface area contributed by atoms with Crippen molar-refractivity contribution in [2.45, 2.75) is 59.0 Å². The van der Waals surface area contributed by atoms with Gasteiger partial charge in [-0.25, -0.2) is 0 Å². The maximum absolute atomic E-state index is 10.0. The van der Waals surface area contributed by atoms with E-state index in [9.17, 15) is 5.11 Å². The minimum atomic E-state index is -0.107. The first kappa shape index (κ1) is 12.5. The van der Waals surface area contributed by atoms with Gasteiger partial charge in [-0.05, 0) is 58.8 Å². The minimum Gasteiger partial charge on any atom is -0.393 e. The van der Waals surface area contributed by atoms with Gasteiger partial charge in [0.05, 0.1) is 6.10 Å². The number of rotatable bonds is 4. The third-order valence-corrected chi connectivity index (χ3v) is 3.24. The van der Waals surface area contributed by atoms with Crippen molar-refractivity contribution in [2.75, 3.05) is 0 Å². The molecule has 0 spiro atoms. The first-order valence-corrected chi connectivity index (χ1v) is 6.06. The van der Waals surface area contributed by atoms with Crippen molar-refractivity contribution >= 4 is 0 Å². The number of aliphatic hydroxyl groups excluding tert-OH is 1. The molecule has 0 aromatic carbocycles. The molecule has 1 aliphatic rings. The molecule has 1 aliphatic carbocycles. The second kappa shape index (κ2) is 6.12. The van der Waals surface area contributed by atoms with Crippen molar-refractivity contribution in [3.05, 3.63) is 23.3 Å². The molecule has 0 amide bonds. The van der Waals surface area contributed by atoms with E-state index in [-0.39, 0.29) is 6.10 Å². The van der Waals surface area contributed by atoms with Gasteiger partial charge in [-0.1, -0.05) is 23.3 Å². The monoisotopic (exact) mass is 208 g/mol. The Kier molecular flexibility index (Phi) is 5.10. The van der Waals surface area contributed by atoms with Gasteiger partial charge in [0.25, 0.3) is 0 Å². The van der Waals surface area contributed by atoms with Gasteiger partial charge in [0, 0.05) is 0 Å². The van der Waals surface area contributed by atoms with E-state index < -0.39 is 0 Å². The fraction of sp³-hybridized carbons (Fsp3) is 0.714. The molecule has 1 nitrogen and oxygen atoms in total. The van der Waals surface area contributed by atoms with E-state index in [2.05, 4.69) is 32.9 Å². The van der Waals surface area contributed by atoms with Crippen LogP contribution >= 0.6 is 0 Å². The molecule has 0 bridgehead atoms. The quantitative estimate of drug-likeness (QED) is 0.696. The number of hydrogen-bond donors (Lipinski definition) is 1. The van der Waals surface area contributed by atoms with E-state index in [1.165, 1.54) is 24.0 Å². The molecule has 1 rings (SSSR count). The van der Waals surface area contributed by atoms with Crippen LogP contribution in [0.1, 0.15) is 52.9 Å². The summed E-state index contributed by atoms with van der Waals surface area (Å²) in [5, 5.41) is 10.0. The van der Waals surface area contributed by atoms with E-state index in [1.807, 2.05) is 0 Å². The predicted molar refractivity (Wildman–Crippen MR) is 65.8 cm³/mol. The summed E-state index contributed by atoms with van der Waals surface area (Å²) in [5.41, 5.74) is 2.84. The molecule has 0 heterocycles. The van der Waals surface area contributed by atoms with Crippen molar-refractivity contribution in [1.82, 2.24) is 0 Å². The average Bonchev–Trinajstić information content (AvgIpc) is 2.18. The van der Waals surface area contributed by atoms with E-state index in [4.69, 9.17) is 0 Å². The van der Waals surface area contributed by atoms with Gasteiger partial charge >= 0.3 is 0 Å². The van der Waals surface area contributed by atoms with Crippen LogP contribution < -0.4 is 0 Å². The summed E-state index contributed by atoms with van der Waals surface area (Å²) in [6.07, 6.45) is 9.74. The van der Waals surface area contributed by atoms with Crippen molar-refractivity contribution in [3.8, 4) is 0 Å². The Bertz CT molecular complexity index is 246. The van der Waals surface area contributed by atoms with E-state index in [0.29, 0.717) is 5.92 Å². The van der Waals surface area contributed by atoms with Gasteiger partial charge < -0.3 is 5.11 Å². The molecule has 0 saturated carbocycles. The molecule has 0 aromatic rings. The zero-order valence-corrected chi connectivity index (χ0v) is 10.3. The number of allylic oxidation sites excluding steroid dienone is 4. The highest BCUT2D eigenvalue weighted by molar-refractivity contribution is 5.04. The summed E-state index contributed by atoms with van der Waals surface area (Å²) in [4.78, 5) is 0. The highest BCUT2D eigenvalue weighted by Crippen LogP contribution is 2.27. The summed E-state index contributed by atoms with van der Waals surface area (Å²) in [5.74, 6) is 0.499. The molecule has 15 heavy (non-hydrogen) atoms. The molecule has 0 saturated heterocycles. The van der Waals surface area contributed by atoms with E-state index >= 15 is 0 Å². The topological polar surface area (TPSA) is 20.2 Å². The van der Waals surface area contributed by atoms with Crippen LogP contribution in [0.2, 0.25) is 0 Å². The number of aliphatic hydroxyl groups is 1. The first-order chi connectivity index (χ1) is 7.09. The van der Waals surface area contributed by atoms with Gasteiger partial charge in [-0.2, -0.15) is 0 Å². The molecular formula is C14H24O. The Balaban J connectivity index is 2.29. The van der Waals surface area contributed by atoms with Gasteiger partial charge in [0.1, 0.15) is 0 Å². The molecular weight excluding hydrogens is 184 g/mol. The van der Waals surface area contributed by atoms with Crippen molar-refractivity contribution in [2.24, 2.45) is 5.92 Å². The Hall–Kier alpha value is -0.560. The SMILES string of the molecule is CC(C)=CCC[C@@H](O)C1CC=C(C)CC1. The van der Waals surface area contributed by atoms with Crippen LogP contribution in [0.4, 0.5) is 0 Å². The fourth-order valence-electron chi connectivity index (χ4n) is 2.11. The molecule has 2 atom stereocenters. The van der Waals surface area contributed by atoms with Crippen molar-refractivity contribution in [1.29, 1.82) is 0 Å². The molecule has 0 radical (unpaired) electrons. The van der Waals surface area contributed by atoms with Gasteiger partial charge in [-0.15, -0.1) is 0 Å². The highest BCUT2D eigenvalue weighted by atomic mass is 16.3. The summed E-state index contributed by atoms with van der Waals surface area (Å²) in [6.45, 7) is 6.41. The fourth-order valence-corrected chi connectivity index (χ4v) is 2.11. The third-order valence-electron chi connectivity index (χ3n) is 3.24. The zero-order valence-electron chi connectivity index (χ0n) is 10.3. The Morgan fingerprint density at radius 3 is 2.87 bits per heavy atom. The second-order valence-electron chi connectivity index (χ2n) is 5.01. The normalized spacial score (nSPS) is 23.2. The summed E-state index contributed by atoms with van der Waals surface area (Å²) >= 11 is 0. The summed E-state index contributed by atoms with van der Waals surface area (Å²) < 4.78 is 0. The van der Waals surface area contributed by atoms with Gasteiger partial charge in [-0.3, -0.25) is 0 Å². The lowest BCUT2D eigenvalue weighted by Crippen LogP contribution is -2.21. The largest absolute Gasteiger partial charge is 0.393 e. The third kappa shape index (κ3) is 4.65. The smallest absolute Gasteiger partial charge is 0.0574 e. The Labute approximate surface area is 93.9 Å². The summed E-state index contributed by atoms with van der Waals surface area (Å²) in [7, 11) is 0. The van der Waals surface area contributed by atoms with E-state index in [1.54, 1.807) is 0 Å². The minimum absolute atomic E-state index is 0.107. The number of hydrogen-bond acceptors (Lipinski definition) is 1. The van der Waals surface area contributed by atoms with Crippen molar-refractivity contribution in [3.63, 3.8) is 0 Å². The lowest BCUT2D eigenvalue weighted by atomic mass is 9.84. The predicted octanol–water partition coefficient (Wildman–Crippen LogP) is 3.84. The van der Waals surface area contributed by atoms with Crippen LogP contribution in [0.3, 0.4) is 0 Å². The summed E-state index contributed by atoms with van der Waals surface area (Å²) in [6, 6.07) is 0. The molecule has 0 fully saturated rings. The highest BCUT2D eigenvalue weighted by Gasteiger charge is 2.19. The standard InChI is InChI=1S/C14H24O/c1-11(2)5-4-6-14(15)13-9-7-12(3)8-10-13/h5,7,13-15H,4,6,8-10H2,1-3H3/t13?,14-/m1/s1. The van der Waals surface area contributed by atoms with Crippen LogP contribution in [0.15, 0.2) is 23.3 Å².